The first-order valence-corrected chi connectivity index (χ1v) is 9.29. The Balaban J connectivity index is 1.57. The molecule has 156 valence electrons. The minimum absolute atomic E-state index is 0.253. The fourth-order valence-electron chi connectivity index (χ4n) is 3.76. The number of halogens is 4. The molecule has 0 radical (unpaired) electrons. The van der Waals surface area contributed by atoms with Gasteiger partial charge in [0.1, 0.15) is 17.2 Å². The molecular formula is C21H18F4N4O. The van der Waals surface area contributed by atoms with Crippen LogP contribution in [0.3, 0.4) is 0 Å². The van der Waals surface area contributed by atoms with Gasteiger partial charge in [-0.05, 0) is 35.9 Å². The highest BCUT2D eigenvalue weighted by atomic mass is 19.2. The van der Waals surface area contributed by atoms with Gasteiger partial charge in [0.15, 0.2) is 11.6 Å². The summed E-state index contributed by atoms with van der Waals surface area (Å²) in [5.74, 6) is -5.25. The highest BCUT2D eigenvalue weighted by Crippen LogP contribution is 2.27. The van der Waals surface area contributed by atoms with E-state index in [0.29, 0.717) is 24.3 Å². The Morgan fingerprint density at radius 3 is 2.40 bits per heavy atom. The van der Waals surface area contributed by atoms with Crippen molar-refractivity contribution < 1.29 is 22.4 Å². The van der Waals surface area contributed by atoms with Crippen LogP contribution in [0.15, 0.2) is 42.6 Å². The lowest BCUT2D eigenvalue weighted by atomic mass is 9.93. The molecule has 4 rings (SSSR count). The number of carbonyl (C=O) groups excluding carboxylic acids is 1. The Bertz CT molecular complexity index is 1090. The average Bonchev–Trinajstić information content (AvgIpc) is 3.32. The third-order valence-electron chi connectivity index (χ3n) is 5.29. The molecule has 2 unspecified atom stereocenters. The van der Waals surface area contributed by atoms with Gasteiger partial charge in [0.05, 0.1) is 5.69 Å². The number of hydrogen-bond acceptors (Lipinski definition) is 3. The van der Waals surface area contributed by atoms with Crippen molar-refractivity contribution in [3.63, 3.8) is 0 Å². The smallest absolute Gasteiger partial charge is 0.257 e. The van der Waals surface area contributed by atoms with Crippen LogP contribution in [0, 0.1) is 23.3 Å². The number of nitrogens with one attached hydrogen (secondary N) is 2. The molecule has 2 atom stereocenters. The topological polar surface area (TPSA) is 59.0 Å². The zero-order valence-corrected chi connectivity index (χ0v) is 15.9. The number of aromatic nitrogens is 2. The molecule has 0 aliphatic carbocycles. The van der Waals surface area contributed by atoms with Gasteiger partial charge < -0.3 is 10.6 Å². The summed E-state index contributed by atoms with van der Waals surface area (Å²) in [5.41, 5.74) is 0.537. The first-order chi connectivity index (χ1) is 14.3. The first kappa shape index (κ1) is 20.1. The summed E-state index contributed by atoms with van der Waals surface area (Å²) in [6.07, 6.45) is 1.50. The summed E-state index contributed by atoms with van der Waals surface area (Å²) >= 11 is 0. The largest absolute Gasteiger partial charge is 0.347 e. The highest BCUT2D eigenvalue weighted by Gasteiger charge is 2.32. The summed E-state index contributed by atoms with van der Waals surface area (Å²) in [4.78, 5) is 12.6. The van der Waals surface area contributed by atoms with Crippen LogP contribution >= 0.6 is 0 Å². The number of aryl methyl sites for hydroxylation is 1. The molecule has 1 aliphatic rings. The monoisotopic (exact) mass is 418 g/mol. The normalized spacial score (nSPS) is 18.6. The van der Waals surface area contributed by atoms with Gasteiger partial charge in [-0.15, -0.1) is 0 Å². The van der Waals surface area contributed by atoms with Crippen LogP contribution in [0.5, 0.6) is 0 Å². The van der Waals surface area contributed by atoms with Crippen LogP contribution in [-0.4, -0.2) is 34.8 Å². The number of benzene rings is 2. The van der Waals surface area contributed by atoms with Gasteiger partial charge in [-0.2, -0.15) is 5.10 Å². The van der Waals surface area contributed by atoms with E-state index in [1.54, 1.807) is 13.1 Å². The molecule has 1 saturated heterocycles. The summed E-state index contributed by atoms with van der Waals surface area (Å²) in [5, 5.41) is 9.62. The van der Waals surface area contributed by atoms with Crippen molar-refractivity contribution >= 4 is 5.91 Å². The lowest BCUT2D eigenvalue weighted by molar-refractivity contribution is 0.0928. The first-order valence-electron chi connectivity index (χ1n) is 9.29. The van der Waals surface area contributed by atoms with Crippen molar-refractivity contribution in [1.29, 1.82) is 0 Å². The van der Waals surface area contributed by atoms with Gasteiger partial charge in [-0.3, -0.25) is 9.48 Å². The fraction of sp³-hybridized carbons (Fsp3) is 0.238. The molecule has 3 aromatic rings. The van der Waals surface area contributed by atoms with Gasteiger partial charge in [0.2, 0.25) is 0 Å². The van der Waals surface area contributed by atoms with Crippen LogP contribution in [0.25, 0.3) is 11.3 Å². The summed E-state index contributed by atoms with van der Waals surface area (Å²) in [6.45, 7) is 0.728. The summed E-state index contributed by atoms with van der Waals surface area (Å²) in [7, 11) is 1.64. The van der Waals surface area contributed by atoms with Gasteiger partial charge in [0.25, 0.3) is 5.91 Å². The molecule has 1 aromatic heterocycles. The Morgan fingerprint density at radius 1 is 1.03 bits per heavy atom. The minimum Gasteiger partial charge on any atom is -0.347 e. The van der Waals surface area contributed by atoms with Gasteiger partial charge in [-0.1, -0.05) is 6.07 Å². The molecule has 2 heterocycles. The number of nitrogens with zero attached hydrogens (tertiary/aromatic N) is 2. The molecule has 2 aromatic carbocycles. The van der Waals surface area contributed by atoms with E-state index in [0.717, 1.165) is 24.3 Å². The van der Waals surface area contributed by atoms with E-state index in [2.05, 4.69) is 15.7 Å². The minimum atomic E-state index is -1.00. The molecule has 5 nitrogen and oxygen atoms in total. The molecule has 0 bridgehead atoms. The van der Waals surface area contributed by atoms with Crippen molar-refractivity contribution in [2.45, 2.75) is 12.0 Å². The Morgan fingerprint density at radius 2 is 1.77 bits per heavy atom. The SMILES string of the molecule is Cn1nccc1-c1cc(F)c(C(=O)NC2CNCC2c2ccc(F)c(F)c2)c(F)c1. The van der Waals surface area contributed by atoms with Crippen LogP contribution < -0.4 is 10.6 Å². The lowest BCUT2D eigenvalue weighted by Gasteiger charge is -2.21. The van der Waals surface area contributed by atoms with Gasteiger partial charge in [0, 0.05) is 43.9 Å². The van der Waals surface area contributed by atoms with E-state index in [1.165, 1.54) is 16.9 Å². The second kappa shape index (κ2) is 7.91. The Labute approximate surface area is 169 Å². The van der Waals surface area contributed by atoms with Crippen LogP contribution in [-0.2, 0) is 7.05 Å². The maximum atomic E-state index is 14.6. The molecular weight excluding hydrogens is 400 g/mol. The summed E-state index contributed by atoms with van der Waals surface area (Å²) < 4.78 is 57.5. The van der Waals surface area contributed by atoms with E-state index in [9.17, 15) is 22.4 Å². The number of hydrogen-bond donors (Lipinski definition) is 2. The number of amides is 1. The van der Waals surface area contributed by atoms with E-state index in [-0.39, 0.29) is 11.5 Å². The zero-order valence-electron chi connectivity index (χ0n) is 15.9. The molecule has 30 heavy (non-hydrogen) atoms. The molecule has 1 aliphatic heterocycles. The van der Waals surface area contributed by atoms with Crippen molar-refractivity contribution in [2.24, 2.45) is 7.05 Å². The van der Waals surface area contributed by atoms with E-state index < -0.39 is 40.8 Å². The van der Waals surface area contributed by atoms with Gasteiger partial charge >= 0.3 is 0 Å². The van der Waals surface area contributed by atoms with E-state index in [1.807, 2.05) is 0 Å². The highest BCUT2D eigenvalue weighted by molar-refractivity contribution is 5.95. The standard InChI is InChI=1S/C21H18F4N4O/c1-29-19(4-5-27-29)12-7-16(24)20(17(25)8-12)21(30)28-18-10-26-9-13(18)11-2-3-14(22)15(23)6-11/h2-8,13,18,26H,9-10H2,1H3,(H,28,30). The molecule has 9 heteroatoms. The molecule has 2 N–H and O–H groups in total. The average molecular weight is 418 g/mol. The molecule has 1 amide bonds. The number of carbonyl (C=O) groups is 1. The lowest BCUT2D eigenvalue weighted by Crippen LogP contribution is -2.40. The predicted molar refractivity (Wildman–Crippen MR) is 102 cm³/mol. The van der Waals surface area contributed by atoms with E-state index in [4.69, 9.17) is 0 Å². The van der Waals surface area contributed by atoms with Crippen LogP contribution in [0.1, 0.15) is 21.8 Å². The number of rotatable bonds is 4. The molecule has 1 fully saturated rings. The van der Waals surface area contributed by atoms with Crippen LogP contribution in [0.4, 0.5) is 17.6 Å². The second-order valence-electron chi connectivity index (χ2n) is 7.17. The maximum absolute atomic E-state index is 14.6. The Hall–Kier alpha value is -3.20. The van der Waals surface area contributed by atoms with E-state index >= 15 is 0 Å². The van der Waals surface area contributed by atoms with Crippen molar-refractivity contribution in [3.05, 3.63) is 77.0 Å². The van der Waals surface area contributed by atoms with Crippen molar-refractivity contribution in [3.8, 4) is 11.3 Å². The molecule has 0 spiro atoms. The van der Waals surface area contributed by atoms with Gasteiger partial charge in [-0.25, -0.2) is 17.6 Å². The third-order valence-corrected chi connectivity index (χ3v) is 5.29. The maximum Gasteiger partial charge on any atom is 0.257 e. The quantitative estimate of drug-likeness (QED) is 0.640. The fourth-order valence-corrected chi connectivity index (χ4v) is 3.76. The Kier molecular flexibility index (Phi) is 5.29. The van der Waals surface area contributed by atoms with Crippen LogP contribution in [0.2, 0.25) is 0 Å². The third kappa shape index (κ3) is 3.68. The zero-order chi connectivity index (χ0) is 21.4. The van der Waals surface area contributed by atoms with Crippen molar-refractivity contribution in [2.75, 3.05) is 13.1 Å². The molecule has 0 saturated carbocycles. The predicted octanol–water partition coefficient (Wildman–Crippen LogP) is 3.13. The second-order valence-corrected chi connectivity index (χ2v) is 7.17. The summed E-state index contributed by atoms with van der Waals surface area (Å²) in [6, 6.07) is 6.72. The van der Waals surface area contributed by atoms with Crippen molar-refractivity contribution in [1.82, 2.24) is 20.4 Å².